The highest BCUT2D eigenvalue weighted by Crippen LogP contribution is 2.26. The van der Waals surface area contributed by atoms with Gasteiger partial charge in [-0.15, -0.1) is 0 Å². The first kappa shape index (κ1) is 18.2. The van der Waals surface area contributed by atoms with Gasteiger partial charge >= 0.3 is 0 Å². The molecule has 1 aromatic rings. The highest BCUT2D eigenvalue weighted by molar-refractivity contribution is 5.76. The van der Waals surface area contributed by atoms with Crippen LogP contribution in [0.5, 0.6) is 5.75 Å². The van der Waals surface area contributed by atoms with E-state index in [1.807, 2.05) is 17.0 Å². The Labute approximate surface area is 151 Å². The molecule has 0 atom stereocenters. The number of carbonyl (C=O) groups is 1. The van der Waals surface area contributed by atoms with Gasteiger partial charge in [-0.05, 0) is 49.9 Å². The first-order valence-electron chi connectivity index (χ1n) is 9.59. The normalized spacial score (nSPS) is 19.8. The second-order valence-electron chi connectivity index (χ2n) is 7.18. The Morgan fingerprint density at radius 1 is 1.16 bits per heavy atom. The van der Waals surface area contributed by atoms with Crippen molar-refractivity contribution < 1.29 is 9.53 Å². The summed E-state index contributed by atoms with van der Waals surface area (Å²) in [7, 11) is 1.75. The van der Waals surface area contributed by atoms with Gasteiger partial charge in [0.15, 0.2) is 0 Å². The Kier molecular flexibility index (Phi) is 6.70. The summed E-state index contributed by atoms with van der Waals surface area (Å²) in [5, 5.41) is 3.29. The van der Waals surface area contributed by atoms with Crippen LogP contribution in [0.3, 0.4) is 0 Å². The van der Waals surface area contributed by atoms with Gasteiger partial charge in [-0.25, -0.2) is 0 Å². The molecule has 3 rings (SSSR count). The van der Waals surface area contributed by atoms with E-state index in [1.165, 1.54) is 18.4 Å². The molecule has 2 aliphatic rings. The molecule has 1 N–H and O–H groups in total. The van der Waals surface area contributed by atoms with Crippen LogP contribution in [0.25, 0.3) is 0 Å². The summed E-state index contributed by atoms with van der Waals surface area (Å²) in [6.07, 6.45) is 4.18. The molecule has 2 fully saturated rings. The Balaban J connectivity index is 1.39. The molecular formula is C20H31N3O2. The number of piperazine rings is 1. The van der Waals surface area contributed by atoms with Gasteiger partial charge in [0.2, 0.25) is 5.91 Å². The average molecular weight is 345 g/mol. The summed E-state index contributed by atoms with van der Waals surface area (Å²) in [5.74, 6) is 2.04. The molecule has 138 valence electrons. The van der Waals surface area contributed by atoms with Crippen LogP contribution in [0.15, 0.2) is 24.3 Å². The van der Waals surface area contributed by atoms with Gasteiger partial charge in [0, 0.05) is 39.1 Å². The number of amides is 1. The Hall–Kier alpha value is -1.59. The van der Waals surface area contributed by atoms with Crippen LogP contribution in [0.1, 0.15) is 24.8 Å². The summed E-state index contributed by atoms with van der Waals surface area (Å²) >= 11 is 0. The average Bonchev–Trinajstić information content (AvgIpc) is 2.68. The molecule has 2 saturated heterocycles. The number of likely N-dealkylation sites (tertiary alicyclic amines) is 1. The van der Waals surface area contributed by atoms with E-state index in [0.717, 1.165) is 63.9 Å². The zero-order valence-corrected chi connectivity index (χ0v) is 15.4. The highest BCUT2D eigenvalue weighted by atomic mass is 16.5. The fourth-order valence-electron chi connectivity index (χ4n) is 3.92. The molecule has 1 amide bonds. The molecule has 0 bridgehead atoms. The molecular weight excluding hydrogens is 314 g/mol. The van der Waals surface area contributed by atoms with E-state index in [4.69, 9.17) is 4.74 Å². The number of carbonyl (C=O) groups excluding carboxylic acids is 1. The number of nitrogens with one attached hydrogen (secondary N) is 1. The van der Waals surface area contributed by atoms with Crippen molar-refractivity contribution in [1.82, 2.24) is 15.1 Å². The largest absolute Gasteiger partial charge is 0.496 e. The maximum absolute atomic E-state index is 12.3. The van der Waals surface area contributed by atoms with Crippen molar-refractivity contribution in [3.05, 3.63) is 29.8 Å². The maximum Gasteiger partial charge on any atom is 0.223 e. The zero-order valence-electron chi connectivity index (χ0n) is 15.4. The maximum atomic E-state index is 12.3. The van der Waals surface area contributed by atoms with Gasteiger partial charge in [0.25, 0.3) is 0 Å². The standard InChI is InChI=1S/C20H31N3O2/c1-25-19-5-3-2-4-18(19)16-17-6-11-22(12-7-17)13-8-20(24)23-14-9-21-10-15-23/h2-5,17,21H,6-16H2,1H3. The zero-order chi connectivity index (χ0) is 17.5. The number of rotatable bonds is 6. The molecule has 5 nitrogen and oxygen atoms in total. The molecule has 0 spiro atoms. The van der Waals surface area contributed by atoms with E-state index in [-0.39, 0.29) is 0 Å². The van der Waals surface area contributed by atoms with Crippen LogP contribution >= 0.6 is 0 Å². The number of methoxy groups -OCH3 is 1. The van der Waals surface area contributed by atoms with Gasteiger partial charge in [0.05, 0.1) is 7.11 Å². The first-order chi connectivity index (χ1) is 12.3. The molecule has 25 heavy (non-hydrogen) atoms. The van der Waals surface area contributed by atoms with Gasteiger partial charge in [-0.3, -0.25) is 4.79 Å². The lowest BCUT2D eigenvalue weighted by molar-refractivity contribution is -0.132. The fraction of sp³-hybridized carbons (Fsp3) is 0.650. The minimum Gasteiger partial charge on any atom is -0.496 e. The van der Waals surface area contributed by atoms with E-state index < -0.39 is 0 Å². The first-order valence-corrected chi connectivity index (χ1v) is 9.59. The van der Waals surface area contributed by atoms with Gasteiger partial charge in [-0.1, -0.05) is 18.2 Å². The van der Waals surface area contributed by atoms with Crippen LogP contribution < -0.4 is 10.1 Å². The van der Waals surface area contributed by atoms with Crippen LogP contribution in [0, 0.1) is 5.92 Å². The fourth-order valence-corrected chi connectivity index (χ4v) is 3.92. The van der Waals surface area contributed by atoms with E-state index in [2.05, 4.69) is 22.3 Å². The van der Waals surface area contributed by atoms with Crippen LogP contribution in [0.4, 0.5) is 0 Å². The molecule has 1 aromatic carbocycles. The summed E-state index contributed by atoms with van der Waals surface area (Å²) in [5.41, 5.74) is 1.32. The third-order valence-electron chi connectivity index (χ3n) is 5.52. The third kappa shape index (κ3) is 5.19. The SMILES string of the molecule is COc1ccccc1CC1CCN(CCC(=O)N2CCNCC2)CC1. The van der Waals surface area contributed by atoms with Crippen molar-refractivity contribution >= 4 is 5.91 Å². The molecule has 0 radical (unpaired) electrons. The van der Waals surface area contributed by atoms with Crippen molar-refractivity contribution in [3.8, 4) is 5.75 Å². The van der Waals surface area contributed by atoms with Gasteiger partial charge < -0.3 is 19.9 Å². The van der Waals surface area contributed by atoms with Crippen molar-refractivity contribution in [2.24, 2.45) is 5.92 Å². The highest BCUT2D eigenvalue weighted by Gasteiger charge is 2.22. The number of nitrogens with zero attached hydrogens (tertiary/aromatic N) is 2. The lowest BCUT2D eigenvalue weighted by Gasteiger charge is -2.33. The van der Waals surface area contributed by atoms with Crippen LogP contribution in [-0.4, -0.2) is 68.6 Å². The minimum atomic E-state index is 0.317. The Bertz CT molecular complexity index is 550. The second-order valence-corrected chi connectivity index (χ2v) is 7.18. The van der Waals surface area contributed by atoms with Crippen LogP contribution in [-0.2, 0) is 11.2 Å². The van der Waals surface area contributed by atoms with Crippen molar-refractivity contribution in [1.29, 1.82) is 0 Å². The quantitative estimate of drug-likeness (QED) is 0.853. The molecule has 5 heteroatoms. The molecule has 0 unspecified atom stereocenters. The van der Waals surface area contributed by atoms with Crippen molar-refractivity contribution in [2.75, 3.05) is 52.9 Å². The van der Waals surface area contributed by atoms with E-state index in [1.54, 1.807) is 7.11 Å². The molecule has 0 saturated carbocycles. The minimum absolute atomic E-state index is 0.317. The predicted octanol–water partition coefficient (Wildman–Crippen LogP) is 1.77. The predicted molar refractivity (Wildman–Crippen MR) is 99.9 cm³/mol. The molecule has 2 aliphatic heterocycles. The number of piperidine rings is 1. The number of hydrogen-bond donors (Lipinski definition) is 1. The second kappa shape index (κ2) is 9.20. The van der Waals surface area contributed by atoms with Crippen LogP contribution in [0.2, 0.25) is 0 Å². The molecule has 2 heterocycles. The van der Waals surface area contributed by atoms with E-state index in [9.17, 15) is 4.79 Å². The molecule has 0 aromatic heterocycles. The summed E-state index contributed by atoms with van der Waals surface area (Å²) in [6, 6.07) is 8.35. The monoisotopic (exact) mass is 345 g/mol. The van der Waals surface area contributed by atoms with E-state index >= 15 is 0 Å². The number of benzene rings is 1. The van der Waals surface area contributed by atoms with E-state index in [0.29, 0.717) is 12.3 Å². The topological polar surface area (TPSA) is 44.8 Å². The summed E-state index contributed by atoms with van der Waals surface area (Å²) in [4.78, 5) is 16.7. The van der Waals surface area contributed by atoms with Gasteiger partial charge in [-0.2, -0.15) is 0 Å². The molecule has 0 aliphatic carbocycles. The lowest BCUT2D eigenvalue weighted by Crippen LogP contribution is -2.47. The Morgan fingerprint density at radius 3 is 2.60 bits per heavy atom. The lowest BCUT2D eigenvalue weighted by atomic mass is 9.90. The number of ether oxygens (including phenoxy) is 1. The number of hydrogen-bond acceptors (Lipinski definition) is 4. The van der Waals surface area contributed by atoms with Crippen molar-refractivity contribution in [2.45, 2.75) is 25.7 Å². The van der Waals surface area contributed by atoms with Gasteiger partial charge in [0.1, 0.15) is 5.75 Å². The smallest absolute Gasteiger partial charge is 0.223 e. The Morgan fingerprint density at radius 2 is 1.88 bits per heavy atom. The summed E-state index contributed by atoms with van der Waals surface area (Å²) in [6.45, 7) is 6.70. The number of para-hydroxylation sites is 1. The third-order valence-corrected chi connectivity index (χ3v) is 5.52. The summed E-state index contributed by atoms with van der Waals surface area (Å²) < 4.78 is 5.47. The van der Waals surface area contributed by atoms with Crippen molar-refractivity contribution in [3.63, 3.8) is 0 Å².